The van der Waals surface area contributed by atoms with E-state index in [1.54, 1.807) is 0 Å². The van der Waals surface area contributed by atoms with Gasteiger partial charge in [0.05, 0.1) is 0 Å². The van der Waals surface area contributed by atoms with Crippen LogP contribution in [0.3, 0.4) is 0 Å². The topological polar surface area (TPSA) is 79.1 Å². The van der Waals surface area contributed by atoms with E-state index in [-0.39, 0.29) is 12.4 Å². The standard InChI is InChI=1S/C9H8FNO4/c10-7-2-1-6(8(12)3-7)5-15-11-4-9(13)14/h1-4,12H,5H2,(H,13,14)/b11-4-. The van der Waals surface area contributed by atoms with Crippen LogP contribution in [-0.2, 0) is 16.2 Å². The second-order valence-corrected chi connectivity index (χ2v) is 2.62. The lowest BCUT2D eigenvalue weighted by atomic mass is 10.2. The quantitative estimate of drug-likeness (QED) is 0.580. The Bertz CT molecular complexity index is 392. The monoisotopic (exact) mass is 213 g/mol. The first-order valence-electron chi connectivity index (χ1n) is 3.95. The highest BCUT2D eigenvalue weighted by molar-refractivity contribution is 6.21. The van der Waals surface area contributed by atoms with Crippen molar-refractivity contribution in [2.45, 2.75) is 6.61 Å². The molecular weight excluding hydrogens is 205 g/mol. The van der Waals surface area contributed by atoms with E-state index in [0.29, 0.717) is 11.8 Å². The third-order valence-corrected chi connectivity index (χ3v) is 1.51. The van der Waals surface area contributed by atoms with Crippen molar-refractivity contribution in [3.63, 3.8) is 0 Å². The molecule has 0 bridgehead atoms. The molecule has 0 unspecified atom stereocenters. The molecule has 0 aliphatic carbocycles. The third-order valence-electron chi connectivity index (χ3n) is 1.51. The zero-order valence-corrected chi connectivity index (χ0v) is 7.55. The molecule has 0 aliphatic rings. The number of aromatic hydroxyl groups is 1. The molecule has 2 N–H and O–H groups in total. The van der Waals surface area contributed by atoms with E-state index >= 15 is 0 Å². The molecule has 0 aliphatic heterocycles. The second-order valence-electron chi connectivity index (χ2n) is 2.62. The van der Waals surface area contributed by atoms with E-state index in [4.69, 9.17) is 5.11 Å². The number of hydrogen-bond donors (Lipinski definition) is 2. The van der Waals surface area contributed by atoms with Gasteiger partial charge in [-0.3, -0.25) is 0 Å². The van der Waals surface area contributed by atoms with Crippen LogP contribution in [0.15, 0.2) is 23.4 Å². The number of carboxylic acid groups (broad SMARTS) is 1. The van der Waals surface area contributed by atoms with Gasteiger partial charge in [0.15, 0.2) is 6.21 Å². The van der Waals surface area contributed by atoms with Gasteiger partial charge < -0.3 is 15.1 Å². The molecule has 6 heteroatoms. The Morgan fingerprint density at radius 1 is 1.60 bits per heavy atom. The van der Waals surface area contributed by atoms with Gasteiger partial charge >= 0.3 is 5.97 Å². The fourth-order valence-electron chi connectivity index (χ4n) is 0.848. The minimum Gasteiger partial charge on any atom is -0.507 e. The Hall–Kier alpha value is -2.11. The van der Waals surface area contributed by atoms with Gasteiger partial charge in [0.2, 0.25) is 0 Å². The van der Waals surface area contributed by atoms with Crippen molar-refractivity contribution in [3.8, 4) is 5.75 Å². The van der Waals surface area contributed by atoms with Crippen LogP contribution >= 0.6 is 0 Å². The summed E-state index contributed by atoms with van der Waals surface area (Å²) in [4.78, 5) is 14.6. The van der Waals surface area contributed by atoms with E-state index in [2.05, 4.69) is 9.99 Å². The van der Waals surface area contributed by atoms with E-state index in [9.17, 15) is 14.3 Å². The zero-order valence-electron chi connectivity index (χ0n) is 7.55. The van der Waals surface area contributed by atoms with Crippen molar-refractivity contribution in [2.24, 2.45) is 5.16 Å². The first kappa shape index (κ1) is 11.0. The average Bonchev–Trinajstić information content (AvgIpc) is 2.14. The Morgan fingerprint density at radius 3 is 2.93 bits per heavy atom. The van der Waals surface area contributed by atoms with Crippen molar-refractivity contribution < 1.29 is 24.2 Å². The number of phenolic OH excluding ortho intramolecular Hbond substituents is 1. The number of nitrogens with zero attached hydrogens (tertiary/aromatic N) is 1. The highest BCUT2D eigenvalue weighted by Gasteiger charge is 2.02. The fourth-order valence-corrected chi connectivity index (χ4v) is 0.848. The molecule has 0 atom stereocenters. The van der Waals surface area contributed by atoms with Gasteiger partial charge in [-0.15, -0.1) is 0 Å². The predicted octanol–water partition coefficient (Wildman–Crippen LogP) is 1.12. The maximum Gasteiger partial charge on any atom is 0.350 e. The number of phenols is 1. The molecule has 0 saturated carbocycles. The molecule has 0 radical (unpaired) electrons. The van der Waals surface area contributed by atoms with Crippen molar-refractivity contribution in [1.82, 2.24) is 0 Å². The summed E-state index contributed by atoms with van der Waals surface area (Å²) in [6, 6.07) is 3.40. The van der Waals surface area contributed by atoms with Gasteiger partial charge in [0.25, 0.3) is 0 Å². The summed E-state index contributed by atoms with van der Waals surface area (Å²) in [6.07, 6.45) is 0.570. The number of rotatable bonds is 4. The Balaban J connectivity index is 2.54. The molecule has 0 saturated heterocycles. The third kappa shape index (κ3) is 3.63. The SMILES string of the molecule is O=C(O)/C=N\OCc1ccc(F)cc1O. The van der Waals surface area contributed by atoms with Crippen molar-refractivity contribution in [1.29, 1.82) is 0 Å². The minimum atomic E-state index is -1.24. The van der Waals surface area contributed by atoms with Crippen LogP contribution in [0.4, 0.5) is 4.39 Å². The number of halogens is 1. The largest absolute Gasteiger partial charge is 0.507 e. The average molecular weight is 213 g/mol. The van der Waals surface area contributed by atoms with Gasteiger partial charge in [-0.1, -0.05) is 5.16 Å². The maximum atomic E-state index is 12.5. The molecule has 0 aromatic heterocycles. The number of hydrogen-bond acceptors (Lipinski definition) is 4. The van der Waals surface area contributed by atoms with E-state index in [0.717, 1.165) is 12.1 Å². The van der Waals surface area contributed by atoms with Crippen molar-refractivity contribution in [2.75, 3.05) is 0 Å². The van der Waals surface area contributed by atoms with E-state index in [1.807, 2.05) is 0 Å². The number of aliphatic carboxylic acids is 1. The normalized spacial score (nSPS) is 10.5. The Labute approximate surface area is 84.4 Å². The lowest BCUT2D eigenvalue weighted by Crippen LogP contribution is -1.96. The summed E-state index contributed by atoms with van der Waals surface area (Å²) in [5.74, 6) is -2.07. The van der Waals surface area contributed by atoms with Gasteiger partial charge in [0, 0.05) is 11.6 Å². The zero-order chi connectivity index (χ0) is 11.3. The van der Waals surface area contributed by atoms with Gasteiger partial charge in [-0.05, 0) is 12.1 Å². The first-order valence-corrected chi connectivity index (χ1v) is 3.95. The van der Waals surface area contributed by atoms with Gasteiger partial charge in [-0.25, -0.2) is 9.18 Å². The summed E-state index contributed by atoms with van der Waals surface area (Å²) in [7, 11) is 0. The summed E-state index contributed by atoms with van der Waals surface area (Å²) in [5, 5.41) is 20.5. The highest BCUT2D eigenvalue weighted by Crippen LogP contribution is 2.18. The van der Waals surface area contributed by atoms with Crippen LogP contribution in [-0.4, -0.2) is 22.4 Å². The molecule has 5 nitrogen and oxygen atoms in total. The van der Waals surface area contributed by atoms with Crippen LogP contribution in [0.25, 0.3) is 0 Å². The van der Waals surface area contributed by atoms with Gasteiger partial charge in [-0.2, -0.15) is 0 Å². The second kappa shape index (κ2) is 4.94. The lowest BCUT2D eigenvalue weighted by molar-refractivity contribution is -0.129. The first-order chi connectivity index (χ1) is 7.09. The highest BCUT2D eigenvalue weighted by atomic mass is 19.1. The molecule has 0 fully saturated rings. The molecule has 80 valence electrons. The Morgan fingerprint density at radius 2 is 2.33 bits per heavy atom. The van der Waals surface area contributed by atoms with Crippen LogP contribution in [0, 0.1) is 5.82 Å². The van der Waals surface area contributed by atoms with Crippen LogP contribution in [0.5, 0.6) is 5.75 Å². The smallest absolute Gasteiger partial charge is 0.350 e. The van der Waals surface area contributed by atoms with E-state index in [1.165, 1.54) is 6.07 Å². The molecule has 0 spiro atoms. The number of benzene rings is 1. The summed E-state index contributed by atoms with van der Waals surface area (Å²) in [6.45, 7) is -0.129. The van der Waals surface area contributed by atoms with Crippen LogP contribution in [0.2, 0.25) is 0 Å². The summed E-state index contributed by atoms with van der Waals surface area (Å²) < 4.78 is 12.5. The summed E-state index contributed by atoms with van der Waals surface area (Å²) >= 11 is 0. The molecule has 0 amide bonds. The van der Waals surface area contributed by atoms with E-state index < -0.39 is 11.8 Å². The molecular formula is C9H8FNO4. The molecule has 1 aromatic rings. The van der Waals surface area contributed by atoms with Crippen molar-refractivity contribution in [3.05, 3.63) is 29.6 Å². The number of carbonyl (C=O) groups is 1. The molecule has 1 rings (SSSR count). The number of carboxylic acids is 1. The van der Waals surface area contributed by atoms with Crippen LogP contribution < -0.4 is 0 Å². The fraction of sp³-hybridized carbons (Fsp3) is 0.111. The maximum absolute atomic E-state index is 12.5. The molecule has 15 heavy (non-hydrogen) atoms. The molecule has 0 heterocycles. The van der Waals surface area contributed by atoms with Gasteiger partial charge in [0.1, 0.15) is 18.2 Å². The summed E-state index contributed by atoms with van der Waals surface area (Å²) in [5.41, 5.74) is 0.318. The lowest BCUT2D eigenvalue weighted by Gasteiger charge is -2.02. The molecule has 1 aromatic carbocycles. The van der Waals surface area contributed by atoms with Crippen molar-refractivity contribution >= 4 is 12.2 Å². The number of oxime groups is 1. The van der Waals surface area contributed by atoms with Crippen LogP contribution in [0.1, 0.15) is 5.56 Å². The Kier molecular flexibility index (Phi) is 3.61. The predicted molar refractivity (Wildman–Crippen MR) is 49.0 cm³/mol. The minimum absolute atomic E-state index is 0.129.